The molecule has 1 fully saturated rings. The molecule has 1 aliphatic rings. The molecule has 6 nitrogen and oxygen atoms in total. The van der Waals surface area contributed by atoms with Crippen LogP contribution in [0.5, 0.6) is 0 Å². The van der Waals surface area contributed by atoms with Gasteiger partial charge in [-0.2, -0.15) is 0 Å². The quantitative estimate of drug-likeness (QED) is 0.767. The van der Waals surface area contributed by atoms with Crippen LogP contribution in [0.15, 0.2) is 48.5 Å². The lowest BCUT2D eigenvalue weighted by molar-refractivity contribution is 0.102. The van der Waals surface area contributed by atoms with Crippen LogP contribution < -0.4 is 10.2 Å². The average molecular weight is 369 g/mol. The molecule has 0 aliphatic carbocycles. The molecule has 2 aromatic carbocycles. The van der Waals surface area contributed by atoms with E-state index in [2.05, 4.69) is 10.3 Å². The van der Waals surface area contributed by atoms with Crippen LogP contribution in [0.3, 0.4) is 0 Å². The normalized spacial score (nSPS) is 14.4. The molecule has 26 heavy (non-hydrogen) atoms. The Morgan fingerprint density at radius 2 is 1.65 bits per heavy atom. The monoisotopic (exact) mass is 368 g/mol. The van der Waals surface area contributed by atoms with Gasteiger partial charge < -0.3 is 15.0 Å². The van der Waals surface area contributed by atoms with Crippen LogP contribution in [0.4, 0.5) is 11.5 Å². The van der Waals surface area contributed by atoms with Crippen molar-refractivity contribution in [3.05, 3.63) is 59.2 Å². The minimum Gasteiger partial charge on any atom is -0.378 e. The Hall–Kier alpha value is -2.70. The van der Waals surface area contributed by atoms with Crippen molar-refractivity contribution < 1.29 is 9.53 Å². The fourth-order valence-electron chi connectivity index (χ4n) is 2.88. The third kappa shape index (κ3) is 3.34. The number of anilines is 2. The van der Waals surface area contributed by atoms with Gasteiger partial charge in [-0.05, 0) is 24.3 Å². The number of morpholine rings is 1. The van der Waals surface area contributed by atoms with Crippen molar-refractivity contribution in [3.8, 4) is 0 Å². The van der Waals surface area contributed by atoms with Crippen LogP contribution in [0.1, 0.15) is 10.5 Å². The second-order valence-corrected chi connectivity index (χ2v) is 6.33. The number of aromatic nitrogens is 2. The first-order valence-electron chi connectivity index (χ1n) is 8.38. The lowest BCUT2D eigenvalue weighted by Crippen LogP contribution is -2.38. The molecule has 1 aromatic heterocycles. The summed E-state index contributed by atoms with van der Waals surface area (Å²) in [5.74, 6) is 0.231. The summed E-state index contributed by atoms with van der Waals surface area (Å²) in [6.07, 6.45) is 0. The van der Waals surface area contributed by atoms with E-state index in [1.165, 1.54) is 0 Å². The number of amides is 1. The van der Waals surface area contributed by atoms with Gasteiger partial charge in [0.2, 0.25) is 0 Å². The van der Waals surface area contributed by atoms with Crippen LogP contribution >= 0.6 is 11.6 Å². The SMILES string of the molecule is O=C(Nc1ccccc1Cl)c1nc2ccccc2nc1N1CCOCC1. The average Bonchev–Trinajstić information content (AvgIpc) is 2.69. The largest absolute Gasteiger partial charge is 0.378 e. The molecule has 0 radical (unpaired) electrons. The second-order valence-electron chi connectivity index (χ2n) is 5.92. The number of benzene rings is 2. The third-order valence-electron chi connectivity index (χ3n) is 4.20. The molecule has 0 saturated carbocycles. The van der Waals surface area contributed by atoms with E-state index in [9.17, 15) is 4.79 Å². The van der Waals surface area contributed by atoms with Crippen molar-refractivity contribution in [1.82, 2.24) is 9.97 Å². The first kappa shape index (κ1) is 16.8. The molecule has 2 heterocycles. The van der Waals surface area contributed by atoms with Gasteiger partial charge in [0, 0.05) is 13.1 Å². The van der Waals surface area contributed by atoms with Gasteiger partial charge in [0.1, 0.15) is 0 Å². The standard InChI is InChI=1S/C19H17ClN4O2/c20-13-5-1-2-6-14(13)23-19(25)17-18(24-9-11-26-12-10-24)22-16-8-4-3-7-15(16)21-17/h1-8H,9-12H2,(H,23,25). The van der Waals surface area contributed by atoms with Crippen molar-refractivity contribution in [2.45, 2.75) is 0 Å². The highest BCUT2D eigenvalue weighted by molar-refractivity contribution is 6.33. The molecule has 132 valence electrons. The maximum atomic E-state index is 12.9. The van der Waals surface area contributed by atoms with Gasteiger partial charge in [0.05, 0.1) is 35.0 Å². The Bertz CT molecular complexity index is 957. The van der Waals surface area contributed by atoms with E-state index in [-0.39, 0.29) is 11.6 Å². The van der Waals surface area contributed by atoms with Crippen LogP contribution in [0.25, 0.3) is 11.0 Å². The first-order valence-corrected chi connectivity index (χ1v) is 8.75. The number of hydrogen-bond acceptors (Lipinski definition) is 5. The summed E-state index contributed by atoms with van der Waals surface area (Å²) in [4.78, 5) is 24.2. The minimum atomic E-state index is -0.335. The number of carbonyl (C=O) groups is 1. The molecule has 1 saturated heterocycles. The maximum Gasteiger partial charge on any atom is 0.278 e. The molecular weight excluding hydrogens is 352 g/mol. The zero-order valence-corrected chi connectivity index (χ0v) is 14.7. The number of carbonyl (C=O) groups excluding carboxylic acids is 1. The number of para-hydroxylation sites is 3. The molecular formula is C19H17ClN4O2. The summed E-state index contributed by atoms with van der Waals surface area (Å²) in [7, 11) is 0. The summed E-state index contributed by atoms with van der Waals surface area (Å²) in [5.41, 5.74) is 2.25. The number of fused-ring (bicyclic) bond motifs is 1. The summed E-state index contributed by atoms with van der Waals surface area (Å²) in [6.45, 7) is 2.53. The number of rotatable bonds is 3. The minimum absolute atomic E-state index is 0.283. The predicted molar refractivity (Wildman–Crippen MR) is 102 cm³/mol. The molecule has 0 bridgehead atoms. The summed E-state index contributed by atoms with van der Waals surface area (Å²) in [6, 6.07) is 14.6. The molecule has 0 unspecified atom stereocenters. The molecule has 3 aromatic rings. The van der Waals surface area contributed by atoms with E-state index in [1.54, 1.807) is 12.1 Å². The van der Waals surface area contributed by atoms with Gasteiger partial charge in [-0.3, -0.25) is 4.79 Å². The predicted octanol–water partition coefficient (Wildman–Crippen LogP) is 3.37. The number of nitrogens with zero attached hydrogens (tertiary/aromatic N) is 3. The highest BCUT2D eigenvalue weighted by atomic mass is 35.5. The van der Waals surface area contributed by atoms with Crippen molar-refractivity contribution in [2.24, 2.45) is 0 Å². The molecule has 1 amide bonds. The summed E-state index contributed by atoms with van der Waals surface area (Å²) < 4.78 is 5.41. The fourth-order valence-corrected chi connectivity index (χ4v) is 3.07. The summed E-state index contributed by atoms with van der Waals surface area (Å²) in [5, 5.41) is 3.31. The van der Waals surface area contributed by atoms with Gasteiger partial charge >= 0.3 is 0 Å². The van der Waals surface area contributed by atoms with Gasteiger partial charge in [0.25, 0.3) is 5.91 Å². The molecule has 4 rings (SSSR count). The number of ether oxygens (including phenoxy) is 1. The zero-order valence-electron chi connectivity index (χ0n) is 14.0. The highest BCUT2D eigenvalue weighted by Crippen LogP contribution is 2.25. The first-order chi connectivity index (χ1) is 12.7. The Kier molecular flexibility index (Phi) is 4.69. The highest BCUT2D eigenvalue weighted by Gasteiger charge is 2.23. The maximum absolute atomic E-state index is 12.9. The van der Waals surface area contributed by atoms with Crippen molar-refractivity contribution >= 4 is 40.0 Å². The van der Waals surface area contributed by atoms with E-state index in [0.717, 1.165) is 5.52 Å². The molecule has 1 aliphatic heterocycles. The summed E-state index contributed by atoms with van der Waals surface area (Å²) >= 11 is 6.16. The Labute approximate surface area is 155 Å². The van der Waals surface area contributed by atoms with Gasteiger partial charge in [-0.25, -0.2) is 9.97 Å². The van der Waals surface area contributed by atoms with Crippen LogP contribution in [0, 0.1) is 0 Å². The van der Waals surface area contributed by atoms with E-state index in [0.29, 0.717) is 48.3 Å². The van der Waals surface area contributed by atoms with Gasteiger partial charge in [0.15, 0.2) is 11.5 Å². The Morgan fingerprint density at radius 1 is 1.00 bits per heavy atom. The molecule has 0 spiro atoms. The fraction of sp³-hybridized carbons (Fsp3) is 0.211. The lowest BCUT2D eigenvalue weighted by atomic mass is 10.2. The van der Waals surface area contributed by atoms with Crippen LogP contribution in [-0.4, -0.2) is 42.2 Å². The second kappa shape index (κ2) is 7.27. The Balaban J connectivity index is 1.76. The Morgan fingerprint density at radius 3 is 2.38 bits per heavy atom. The number of nitrogens with one attached hydrogen (secondary N) is 1. The topological polar surface area (TPSA) is 67.4 Å². The molecule has 0 atom stereocenters. The van der Waals surface area contributed by atoms with Crippen LogP contribution in [-0.2, 0) is 4.74 Å². The number of hydrogen-bond donors (Lipinski definition) is 1. The van der Waals surface area contributed by atoms with Crippen LogP contribution in [0.2, 0.25) is 5.02 Å². The molecule has 7 heteroatoms. The third-order valence-corrected chi connectivity index (χ3v) is 4.53. The van der Waals surface area contributed by atoms with E-state index < -0.39 is 0 Å². The van der Waals surface area contributed by atoms with Crippen molar-refractivity contribution in [2.75, 3.05) is 36.5 Å². The zero-order chi connectivity index (χ0) is 17.9. The smallest absolute Gasteiger partial charge is 0.278 e. The van der Waals surface area contributed by atoms with E-state index in [1.807, 2.05) is 41.3 Å². The van der Waals surface area contributed by atoms with Gasteiger partial charge in [-0.15, -0.1) is 0 Å². The lowest BCUT2D eigenvalue weighted by Gasteiger charge is -2.29. The van der Waals surface area contributed by atoms with Crippen molar-refractivity contribution in [3.63, 3.8) is 0 Å². The van der Waals surface area contributed by atoms with E-state index >= 15 is 0 Å². The number of halogens is 1. The molecule has 1 N–H and O–H groups in total. The van der Waals surface area contributed by atoms with Crippen molar-refractivity contribution in [1.29, 1.82) is 0 Å². The van der Waals surface area contributed by atoms with E-state index in [4.69, 9.17) is 21.3 Å². The van der Waals surface area contributed by atoms with Gasteiger partial charge in [-0.1, -0.05) is 35.9 Å².